The van der Waals surface area contributed by atoms with E-state index in [1.807, 2.05) is 7.05 Å². The van der Waals surface area contributed by atoms with Crippen molar-refractivity contribution in [2.75, 3.05) is 34.2 Å². The van der Waals surface area contributed by atoms with Gasteiger partial charge in [-0.1, -0.05) is 19.3 Å². The quantitative estimate of drug-likeness (QED) is 0.628. The van der Waals surface area contributed by atoms with Gasteiger partial charge in [-0.05, 0) is 19.9 Å². The van der Waals surface area contributed by atoms with Crippen LogP contribution in [0, 0.1) is 0 Å². The lowest BCUT2D eigenvalue weighted by Crippen LogP contribution is -2.49. The molecular weight excluding hydrogens is 256 g/mol. The summed E-state index contributed by atoms with van der Waals surface area (Å²) in [6.45, 7) is 0.924. The highest BCUT2D eigenvalue weighted by molar-refractivity contribution is 5.77. The minimum absolute atomic E-state index is 0.0325. The van der Waals surface area contributed by atoms with E-state index in [0.29, 0.717) is 19.5 Å². The van der Waals surface area contributed by atoms with Crippen molar-refractivity contribution in [1.29, 1.82) is 0 Å². The Hall–Kier alpha value is -1.30. The first-order valence-corrected chi connectivity index (χ1v) is 7.40. The van der Waals surface area contributed by atoms with E-state index in [2.05, 4.69) is 16.0 Å². The van der Waals surface area contributed by atoms with E-state index in [4.69, 9.17) is 0 Å². The molecule has 0 aromatic rings. The lowest BCUT2D eigenvalue weighted by atomic mass is 9.79. The topological polar surface area (TPSA) is 73.5 Å². The normalized spacial score (nSPS) is 17.4. The van der Waals surface area contributed by atoms with Gasteiger partial charge in [-0.3, -0.25) is 4.79 Å². The maximum absolute atomic E-state index is 12.0. The maximum Gasteiger partial charge on any atom is 0.316 e. The summed E-state index contributed by atoms with van der Waals surface area (Å²) < 4.78 is 0. The Morgan fingerprint density at radius 3 is 2.20 bits per heavy atom. The molecule has 3 N–H and O–H groups in total. The molecule has 0 aromatic heterocycles. The molecule has 1 fully saturated rings. The molecule has 6 nitrogen and oxygen atoms in total. The molecule has 0 spiro atoms. The van der Waals surface area contributed by atoms with E-state index < -0.39 is 0 Å². The number of carbonyl (C=O) groups excluding carboxylic acids is 2. The molecule has 0 aromatic carbocycles. The predicted octanol–water partition coefficient (Wildman–Crippen LogP) is 0.686. The number of hydrogen-bond acceptors (Lipinski definition) is 3. The van der Waals surface area contributed by atoms with Gasteiger partial charge in [0.1, 0.15) is 0 Å². The zero-order valence-corrected chi connectivity index (χ0v) is 12.9. The number of nitrogens with zero attached hydrogens (tertiary/aromatic N) is 1. The third-order valence-electron chi connectivity index (χ3n) is 3.97. The second-order valence-electron chi connectivity index (χ2n) is 5.74. The predicted molar refractivity (Wildman–Crippen MR) is 79.6 cm³/mol. The van der Waals surface area contributed by atoms with Gasteiger partial charge >= 0.3 is 6.03 Å². The third-order valence-corrected chi connectivity index (χ3v) is 3.97. The molecule has 3 amide bonds. The molecule has 1 aliphatic rings. The van der Waals surface area contributed by atoms with Crippen molar-refractivity contribution in [2.24, 2.45) is 0 Å². The maximum atomic E-state index is 12.0. The lowest BCUT2D eigenvalue weighted by molar-refractivity contribution is -0.122. The lowest BCUT2D eigenvalue weighted by Gasteiger charge is -2.36. The summed E-state index contributed by atoms with van der Waals surface area (Å²) in [4.78, 5) is 24.7. The zero-order chi connectivity index (χ0) is 15.0. The number of nitrogens with one attached hydrogen (secondary N) is 3. The van der Waals surface area contributed by atoms with Crippen molar-refractivity contribution in [3.05, 3.63) is 0 Å². The Bertz CT molecular complexity index is 325. The molecule has 0 bridgehead atoms. The van der Waals surface area contributed by atoms with Crippen LogP contribution in [0.3, 0.4) is 0 Å². The van der Waals surface area contributed by atoms with Crippen LogP contribution in [0.25, 0.3) is 0 Å². The van der Waals surface area contributed by atoms with Gasteiger partial charge in [-0.25, -0.2) is 4.79 Å². The summed E-state index contributed by atoms with van der Waals surface area (Å²) >= 11 is 0. The summed E-state index contributed by atoms with van der Waals surface area (Å²) in [6.07, 6.45) is 6.29. The molecular formula is C14H28N4O2. The monoisotopic (exact) mass is 284 g/mol. The smallest absolute Gasteiger partial charge is 0.316 e. The summed E-state index contributed by atoms with van der Waals surface area (Å²) in [5.74, 6) is 0.0559. The van der Waals surface area contributed by atoms with Crippen LogP contribution in [-0.4, -0.2) is 56.6 Å². The molecule has 0 radical (unpaired) electrons. The van der Waals surface area contributed by atoms with Crippen molar-refractivity contribution in [3.63, 3.8) is 0 Å². The van der Waals surface area contributed by atoms with E-state index in [0.717, 1.165) is 12.8 Å². The Kier molecular flexibility index (Phi) is 6.78. The van der Waals surface area contributed by atoms with Gasteiger partial charge in [0.2, 0.25) is 5.91 Å². The molecule has 0 unspecified atom stereocenters. The number of urea groups is 1. The molecule has 1 rings (SSSR count). The Labute approximate surface area is 121 Å². The molecule has 6 heteroatoms. The first-order chi connectivity index (χ1) is 9.49. The summed E-state index contributed by atoms with van der Waals surface area (Å²) in [5, 5.41) is 8.93. The van der Waals surface area contributed by atoms with Crippen LogP contribution in [0.2, 0.25) is 0 Å². The Morgan fingerprint density at radius 1 is 1.05 bits per heavy atom. The molecule has 0 atom stereocenters. The largest absolute Gasteiger partial charge is 0.354 e. The van der Waals surface area contributed by atoms with Gasteiger partial charge in [0.25, 0.3) is 0 Å². The number of carbonyl (C=O) groups is 2. The van der Waals surface area contributed by atoms with Crippen molar-refractivity contribution in [1.82, 2.24) is 20.9 Å². The average Bonchev–Trinajstić information content (AvgIpc) is 2.44. The minimum atomic E-state index is -0.141. The van der Waals surface area contributed by atoms with Crippen LogP contribution in [0.1, 0.15) is 38.5 Å². The zero-order valence-electron chi connectivity index (χ0n) is 12.9. The fraction of sp³-hybridized carbons (Fsp3) is 0.857. The van der Waals surface area contributed by atoms with Crippen LogP contribution in [0.15, 0.2) is 0 Å². The molecule has 116 valence electrons. The van der Waals surface area contributed by atoms with Crippen LogP contribution in [0.4, 0.5) is 4.79 Å². The fourth-order valence-electron chi connectivity index (χ4n) is 2.64. The number of amides is 3. The van der Waals surface area contributed by atoms with Crippen LogP contribution >= 0.6 is 0 Å². The van der Waals surface area contributed by atoms with Gasteiger partial charge in [0.05, 0.1) is 0 Å². The molecule has 20 heavy (non-hydrogen) atoms. The molecule has 1 saturated carbocycles. The van der Waals surface area contributed by atoms with E-state index in [1.54, 1.807) is 14.1 Å². The second kappa shape index (κ2) is 8.09. The summed E-state index contributed by atoms with van der Waals surface area (Å²) in [5.41, 5.74) is -0.0325. The van der Waals surface area contributed by atoms with Crippen LogP contribution in [0.5, 0.6) is 0 Å². The Balaban J connectivity index is 2.24. The number of hydrogen-bond donors (Lipinski definition) is 3. The molecule has 0 saturated heterocycles. The van der Waals surface area contributed by atoms with E-state index in [1.165, 1.54) is 24.2 Å². The van der Waals surface area contributed by atoms with Gasteiger partial charge in [0.15, 0.2) is 0 Å². The highest BCUT2D eigenvalue weighted by Crippen LogP contribution is 2.30. The van der Waals surface area contributed by atoms with Crippen LogP contribution < -0.4 is 16.0 Å². The van der Waals surface area contributed by atoms with E-state index in [9.17, 15) is 9.59 Å². The average molecular weight is 284 g/mol. The van der Waals surface area contributed by atoms with Crippen LogP contribution in [-0.2, 0) is 4.79 Å². The SMILES string of the molecule is CNC1(CC(=O)NCCNC(=O)N(C)C)CCCCC1. The summed E-state index contributed by atoms with van der Waals surface area (Å²) in [6, 6.07) is -0.141. The second-order valence-corrected chi connectivity index (χ2v) is 5.74. The van der Waals surface area contributed by atoms with Crippen molar-refractivity contribution in [3.8, 4) is 0 Å². The highest BCUT2D eigenvalue weighted by Gasteiger charge is 2.32. The van der Waals surface area contributed by atoms with Gasteiger partial charge in [-0.2, -0.15) is 0 Å². The van der Waals surface area contributed by atoms with Gasteiger partial charge in [0, 0.05) is 39.1 Å². The first kappa shape index (κ1) is 16.8. The van der Waals surface area contributed by atoms with Gasteiger partial charge < -0.3 is 20.9 Å². The Morgan fingerprint density at radius 2 is 1.65 bits per heavy atom. The summed E-state index contributed by atoms with van der Waals surface area (Å²) in [7, 11) is 5.32. The highest BCUT2D eigenvalue weighted by atomic mass is 16.2. The molecule has 0 heterocycles. The van der Waals surface area contributed by atoms with Crippen molar-refractivity contribution in [2.45, 2.75) is 44.1 Å². The number of rotatable bonds is 6. The van der Waals surface area contributed by atoms with E-state index in [-0.39, 0.29) is 17.5 Å². The third kappa shape index (κ3) is 5.36. The fourth-order valence-corrected chi connectivity index (χ4v) is 2.64. The van der Waals surface area contributed by atoms with E-state index >= 15 is 0 Å². The van der Waals surface area contributed by atoms with Crippen molar-refractivity contribution >= 4 is 11.9 Å². The molecule has 0 aliphatic heterocycles. The van der Waals surface area contributed by atoms with Gasteiger partial charge in [-0.15, -0.1) is 0 Å². The van der Waals surface area contributed by atoms with Crippen molar-refractivity contribution < 1.29 is 9.59 Å². The first-order valence-electron chi connectivity index (χ1n) is 7.40. The minimum Gasteiger partial charge on any atom is -0.354 e. The standard InChI is InChI=1S/C14H28N4O2/c1-15-14(7-5-4-6-8-14)11-12(19)16-9-10-17-13(20)18(2)3/h15H,4-11H2,1-3H3,(H,16,19)(H,17,20). The molecule has 1 aliphatic carbocycles.